The number of rotatable bonds is 4. The largest absolute Gasteiger partial charge is 0.369 e. The summed E-state index contributed by atoms with van der Waals surface area (Å²) in [5.41, 5.74) is 2.55. The number of nitrogen functional groups attached to an aromatic ring is 1. The third-order valence-corrected chi connectivity index (χ3v) is 5.16. The predicted molar refractivity (Wildman–Crippen MR) is 85.0 cm³/mol. The second-order valence-electron chi connectivity index (χ2n) is 5.67. The van der Waals surface area contributed by atoms with Gasteiger partial charge in [0.1, 0.15) is 10.6 Å². The zero-order valence-corrected chi connectivity index (χ0v) is 12.8. The fraction of sp³-hybridized carbons (Fsp3) is 0.571. The van der Waals surface area contributed by atoms with Gasteiger partial charge in [0.2, 0.25) is 5.95 Å². The van der Waals surface area contributed by atoms with Crippen LogP contribution in [0.4, 0.5) is 11.8 Å². The predicted octanol–water partition coefficient (Wildman–Crippen LogP) is 3.13. The molecule has 2 aromatic rings. The van der Waals surface area contributed by atoms with Crippen molar-refractivity contribution in [1.29, 1.82) is 0 Å². The molecule has 0 saturated heterocycles. The molecule has 0 amide bonds. The number of anilines is 2. The molecule has 2 heterocycles. The monoisotopic (exact) mass is 291 g/mol. The molecular formula is C14H21N5S. The first-order chi connectivity index (χ1) is 9.67. The minimum absolute atomic E-state index is 0.473. The number of hydrogen-bond acceptors (Lipinski definition) is 6. The van der Waals surface area contributed by atoms with Gasteiger partial charge in [0, 0.05) is 11.4 Å². The molecule has 5 nitrogen and oxygen atoms in total. The zero-order valence-electron chi connectivity index (χ0n) is 11.9. The molecule has 1 saturated carbocycles. The lowest BCUT2D eigenvalue weighted by atomic mass is 9.98. The number of nitrogens with one attached hydrogen (secondary N) is 2. The molecular weight excluding hydrogens is 270 g/mol. The fourth-order valence-electron chi connectivity index (χ4n) is 2.99. The molecule has 0 radical (unpaired) electrons. The Labute approximate surface area is 123 Å². The molecule has 20 heavy (non-hydrogen) atoms. The van der Waals surface area contributed by atoms with Crippen LogP contribution in [-0.2, 0) is 0 Å². The normalized spacial score (nSPS) is 22.4. The molecule has 6 heteroatoms. The van der Waals surface area contributed by atoms with E-state index >= 15 is 0 Å². The van der Waals surface area contributed by atoms with Crippen LogP contribution in [0.2, 0.25) is 0 Å². The molecule has 0 aliphatic heterocycles. The molecule has 0 aromatic carbocycles. The van der Waals surface area contributed by atoms with Gasteiger partial charge in [0.15, 0.2) is 0 Å². The van der Waals surface area contributed by atoms with Gasteiger partial charge in [0.05, 0.1) is 5.39 Å². The van der Waals surface area contributed by atoms with E-state index < -0.39 is 0 Å². The van der Waals surface area contributed by atoms with Crippen LogP contribution in [0, 0.1) is 18.8 Å². The minimum Gasteiger partial charge on any atom is -0.369 e. The van der Waals surface area contributed by atoms with E-state index in [2.05, 4.69) is 40.6 Å². The Kier molecular flexibility index (Phi) is 3.76. The van der Waals surface area contributed by atoms with Crippen LogP contribution in [0.5, 0.6) is 0 Å². The van der Waals surface area contributed by atoms with E-state index in [1.165, 1.54) is 24.1 Å². The van der Waals surface area contributed by atoms with Gasteiger partial charge in [-0.05, 0) is 31.2 Å². The SMILES string of the molecule is Cc1cc2c(NCC3CCCC3C)nc(NN)nc2s1. The first-order valence-corrected chi connectivity index (χ1v) is 7.97. The molecule has 0 bridgehead atoms. The first kappa shape index (κ1) is 13.6. The number of hydrazine groups is 1. The molecule has 1 aliphatic carbocycles. The Morgan fingerprint density at radius 2 is 2.25 bits per heavy atom. The van der Waals surface area contributed by atoms with Crippen molar-refractivity contribution in [3.63, 3.8) is 0 Å². The summed E-state index contributed by atoms with van der Waals surface area (Å²) < 4.78 is 0. The summed E-state index contributed by atoms with van der Waals surface area (Å²) >= 11 is 1.67. The van der Waals surface area contributed by atoms with Crippen LogP contribution in [0.1, 0.15) is 31.1 Å². The molecule has 108 valence electrons. The first-order valence-electron chi connectivity index (χ1n) is 7.16. The smallest absolute Gasteiger partial charge is 0.240 e. The van der Waals surface area contributed by atoms with E-state index in [0.29, 0.717) is 5.95 Å². The average Bonchev–Trinajstić information content (AvgIpc) is 3.00. The van der Waals surface area contributed by atoms with Gasteiger partial charge in [-0.15, -0.1) is 11.3 Å². The van der Waals surface area contributed by atoms with E-state index in [1.807, 2.05) is 0 Å². The molecule has 0 spiro atoms. The van der Waals surface area contributed by atoms with Gasteiger partial charge >= 0.3 is 0 Å². The molecule has 3 rings (SSSR count). The van der Waals surface area contributed by atoms with Crippen LogP contribution in [0.25, 0.3) is 10.2 Å². The molecule has 4 N–H and O–H groups in total. The quantitative estimate of drug-likeness (QED) is 0.596. The number of nitrogens with zero attached hydrogens (tertiary/aromatic N) is 2. The summed E-state index contributed by atoms with van der Waals surface area (Å²) in [6.45, 7) is 5.41. The fourth-order valence-corrected chi connectivity index (χ4v) is 3.87. The van der Waals surface area contributed by atoms with Crippen molar-refractivity contribution in [2.45, 2.75) is 33.1 Å². The standard InChI is InChI=1S/C14H21N5S/c1-8-4-3-5-10(8)7-16-12-11-6-9(2)20-13(11)18-14(17-12)19-15/h6,8,10H,3-5,7,15H2,1-2H3,(H2,16,17,18,19). The maximum atomic E-state index is 5.46. The Bertz CT molecular complexity index is 609. The average molecular weight is 291 g/mol. The number of hydrogen-bond donors (Lipinski definition) is 3. The molecule has 1 fully saturated rings. The number of aromatic nitrogens is 2. The van der Waals surface area contributed by atoms with Crippen molar-refractivity contribution in [2.24, 2.45) is 17.7 Å². The van der Waals surface area contributed by atoms with Crippen molar-refractivity contribution in [2.75, 3.05) is 17.3 Å². The summed E-state index contributed by atoms with van der Waals surface area (Å²) in [6.07, 6.45) is 4.01. The number of thiophene rings is 1. The lowest BCUT2D eigenvalue weighted by Gasteiger charge is -2.17. The Balaban J connectivity index is 1.85. The number of nitrogens with two attached hydrogens (primary N) is 1. The summed E-state index contributed by atoms with van der Waals surface area (Å²) in [7, 11) is 0. The third kappa shape index (κ3) is 2.58. The summed E-state index contributed by atoms with van der Waals surface area (Å²) in [6, 6.07) is 2.14. The molecule has 2 unspecified atom stereocenters. The maximum absolute atomic E-state index is 5.46. The van der Waals surface area contributed by atoms with Crippen LogP contribution in [0.15, 0.2) is 6.07 Å². The van der Waals surface area contributed by atoms with Gasteiger partial charge in [-0.25, -0.2) is 10.8 Å². The van der Waals surface area contributed by atoms with Crippen molar-refractivity contribution in [3.05, 3.63) is 10.9 Å². The van der Waals surface area contributed by atoms with Gasteiger partial charge in [0.25, 0.3) is 0 Å². The lowest BCUT2D eigenvalue weighted by molar-refractivity contribution is 0.439. The van der Waals surface area contributed by atoms with Crippen molar-refractivity contribution < 1.29 is 0 Å². The maximum Gasteiger partial charge on any atom is 0.240 e. The summed E-state index contributed by atoms with van der Waals surface area (Å²) in [5, 5.41) is 4.60. The van der Waals surface area contributed by atoms with E-state index in [0.717, 1.165) is 34.4 Å². The number of aryl methyl sites for hydroxylation is 1. The van der Waals surface area contributed by atoms with Gasteiger partial charge in [-0.3, -0.25) is 5.43 Å². The lowest BCUT2D eigenvalue weighted by Crippen LogP contribution is -2.18. The highest BCUT2D eigenvalue weighted by atomic mass is 32.1. The van der Waals surface area contributed by atoms with E-state index in [1.54, 1.807) is 11.3 Å². The molecule has 2 atom stereocenters. The second kappa shape index (κ2) is 5.54. The third-order valence-electron chi connectivity index (χ3n) is 4.22. The minimum atomic E-state index is 0.473. The highest BCUT2D eigenvalue weighted by Crippen LogP contribution is 2.33. The van der Waals surface area contributed by atoms with Gasteiger partial charge in [-0.1, -0.05) is 19.8 Å². The van der Waals surface area contributed by atoms with E-state index in [-0.39, 0.29) is 0 Å². The van der Waals surface area contributed by atoms with E-state index in [4.69, 9.17) is 5.84 Å². The Morgan fingerprint density at radius 3 is 2.95 bits per heavy atom. The highest BCUT2D eigenvalue weighted by Gasteiger charge is 2.23. The molecule has 2 aromatic heterocycles. The Hall–Kier alpha value is -1.40. The van der Waals surface area contributed by atoms with Crippen LogP contribution >= 0.6 is 11.3 Å². The van der Waals surface area contributed by atoms with Crippen LogP contribution in [0.3, 0.4) is 0 Å². The van der Waals surface area contributed by atoms with Gasteiger partial charge < -0.3 is 5.32 Å². The summed E-state index contributed by atoms with van der Waals surface area (Å²) in [5.74, 6) is 8.37. The number of fused-ring (bicyclic) bond motifs is 1. The summed E-state index contributed by atoms with van der Waals surface area (Å²) in [4.78, 5) is 11.1. The van der Waals surface area contributed by atoms with Crippen molar-refractivity contribution in [3.8, 4) is 0 Å². The van der Waals surface area contributed by atoms with Crippen molar-refractivity contribution in [1.82, 2.24) is 9.97 Å². The van der Waals surface area contributed by atoms with Crippen molar-refractivity contribution >= 4 is 33.3 Å². The highest BCUT2D eigenvalue weighted by molar-refractivity contribution is 7.18. The van der Waals surface area contributed by atoms with Crippen LogP contribution < -0.4 is 16.6 Å². The van der Waals surface area contributed by atoms with E-state index in [9.17, 15) is 0 Å². The molecule has 1 aliphatic rings. The van der Waals surface area contributed by atoms with Crippen LogP contribution in [-0.4, -0.2) is 16.5 Å². The zero-order chi connectivity index (χ0) is 14.1. The Morgan fingerprint density at radius 1 is 1.40 bits per heavy atom. The topological polar surface area (TPSA) is 75.9 Å². The van der Waals surface area contributed by atoms with Gasteiger partial charge in [-0.2, -0.15) is 4.98 Å². The second-order valence-corrected chi connectivity index (χ2v) is 6.90.